The van der Waals surface area contributed by atoms with Gasteiger partial charge in [-0.3, -0.25) is 0 Å². The van der Waals surface area contributed by atoms with Crippen molar-refractivity contribution in [3.05, 3.63) is 45.8 Å². The van der Waals surface area contributed by atoms with Gasteiger partial charge in [0.1, 0.15) is 5.76 Å². The average Bonchev–Trinajstić information content (AvgIpc) is 2.83. The normalized spacial score (nSPS) is 12.3. The zero-order valence-corrected chi connectivity index (χ0v) is 14.0. The van der Waals surface area contributed by atoms with E-state index in [-0.39, 0.29) is 4.83 Å². The highest BCUT2D eigenvalue weighted by atomic mass is 79.9. The number of ether oxygens (including phenoxy) is 2. The first-order chi connectivity index (χ1) is 9.08. The maximum Gasteiger partial charge on any atom is 0.161 e. The molecule has 1 unspecified atom stereocenters. The van der Waals surface area contributed by atoms with Crippen LogP contribution < -0.4 is 9.47 Å². The Hall–Kier alpha value is -0.940. The van der Waals surface area contributed by atoms with E-state index in [1.807, 2.05) is 25.1 Å². The second-order valence-electron chi connectivity index (χ2n) is 4.02. The fourth-order valence-corrected chi connectivity index (χ4v) is 3.60. The molecule has 0 aliphatic carbocycles. The Morgan fingerprint density at radius 1 is 1.11 bits per heavy atom. The van der Waals surface area contributed by atoms with Gasteiger partial charge in [0.05, 0.1) is 25.3 Å². The lowest BCUT2D eigenvalue weighted by atomic mass is 10.0. The van der Waals surface area contributed by atoms with E-state index in [0.29, 0.717) is 11.5 Å². The minimum atomic E-state index is 0.0282. The Morgan fingerprint density at radius 2 is 1.74 bits per heavy atom. The zero-order valence-electron chi connectivity index (χ0n) is 10.9. The summed E-state index contributed by atoms with van der Waals surface area (Å²) in [6.07, 6.45) is 1.69. The lowest BCUT2D eigenvalue weighted by molar-refractivity contribution is 0.354. The first-order valence-corrected chi connectivity index (χ1v) is 7.38. The number of hydrogen-bond acceptors (Lipinski definition) is 3. The Kier molecular flexibility index (Phi) is 4.58. The molecule has 1 aromatic carbocycles. The second kappa shape index (κ2) is 6.01. The van der Waals surface area contributed by atoms with Gasteiger partial charge in [-0.05, 0) is 30.7 Å². The molecule has 0 N–H and O–H groups in total. The van der Waals surface area contributed by atoms with E-state index in [2.05, 4.69) is 31.9 Å². The molecular weight excluding hydrogens is 376 g/mol. The van der Waals surface area contributed by atoms with Crippen LogP contribution in [0.5, 0.6) is 11.5 Å². The first kappa shape index (κ1) is 14.5. The highest BCUT2D eigenvalue weighted by Crippen LogP contribution is 2.42. The lowest BCUT2D eigenvalue weighted by Gasteiger charge is -2.15. The summed E-state index contributed by atoms with van der Waals surface area (Å²) in [7, 11) is 3.25. The van der Waals surface area contributed by atoms with Crippen LogP contribution in [-0.4, -0.2) is 14.2 Å². The van der Waals surface area contributed by atoms with Gasteiger partial charge in [-0.25, -0.2) is 0 Å². The SMILES string of the molecule is COc1cc(Br)c(C(Br)c2ccoc2C)cc1OC. The molecule has 0 saturated carbocycles. The zero-order chi connectivity index (χ0) is 14.0. The van der Waals surface area contributed by atoms with Crippen molar-refractivity contribution < 1.29 is 13.9 Å². The van der Waals surface area contributed by atoms with E-state index in [1.54, 1.807) is 20.5 Å². The second-order valence-corrected chi connectivity index (χ2v) is 5.79. The van der Waals surface area contributed by atoms with Crippen molar-refractivity contribution in [2.24, 2.45) is 0 Å². The van der Waals surface area contributed by atoms with Crippen LogP contribution in [0.1, 0.15) is 21.7 Å². The highest BCUT2D eigenvalue weighted by molar-refractivity contribution is 9.11. The van der Waals surface area contributed by atoms with E-state index < -0.39 is 0 Å². The summed E-state index contributed by atoms with van der Waals surface area (Å²) >= 11 is 7.26. The number of furan rings is 1. The Morgan fingerprint density at radius 3 is 2.26 bits per heavy atom. The fourth-order valence-electron chi connectivity index (χ4n) is 1.89. The van der Waals surface area contributed by atoms with E-state index in [4.69, 9.17) is 13.9 Å². The number of rotatable bonds is 4. The molecule has 0 aliphatic heterocycles. The Bertz CT molecular complexity index is 578. The Balaban J connectivity index is 2.48. The van der Waals surface area contributed by atoms with Crippen LogP contribution in [0, 0.1) is 6.92 Å². The topological polar surface area (TPSA) is 31.6 Å². The van der Waals surface area contributed by atoms with Gasteiger partial charge in [0.25, 0.3) is 0 Å². The molecule has 0 radical (unpaired) electrons. The third-order valence-electron chi connectivity index (χ3n) is 2.95. The molecule has 0 saturated heterocycles. The summed E-state index contributed by atoms with van der Waals surface area (Å²) < 4.78 is 16.9. The predicted molar refractivity (Wildman–Crippen MR) is 81.5 cm³/mol. The Labute approximate surface area is 129 Å². The summed E-state index contributed by atoms with van der Waals surface area (Å²) in [6.45, 7) is 1.94. The molecule has 1 heterocycles. The van der Waals surface area contributed by atoms with Crippen LogP contribution in [0.2, 0.25) is 0 Å². The molecule has 3 nitrogen and oxygen atoms in total. The van der Waals surface area contributed by atoms with Gasteiger partial charge in [0.2, 0.25) is 0 Å². The lowest BCUT2D eigenvalue weighted by Crippen LogP contribution is -1.98. The van der Waals surface area contributed by atoms with Gasteiger partial charge in [-0.2, -0.15) is 0 Å². The molecule has 2 rings (SSSR count). The molecule has 1 aromatic heterocycles. The van der Waals surface area contributed by atoms with Crippen molar-refractivity contribution in [1.29, 1.82) is 0 Å². The summed E-state index contributed by atoms with van der Waals surface area (Å²) in [4.78, 5) is 0.0282. The molecular formula is C14H14Br2O3. The van der Waals surface area contributed by atoms with Crippen molar-refractivity contribution in [1.82, 2.24) is 0 Å². The summed E-state index contributed by atoms with van der Waals surface area (Å²) in [6, 6.07) is 5.81. The van der Waals surface area contributed by atoms with Gasteiger partial charge >= 0.3 is 0 Å². The van der Waals surface area contributed by atoms with Crippen molar-refractivity contribution in [2.75, 3.05) is 14.2 Å². The molecule has 0 aliphatic rings. The molecule has 0 amide bonds. The number of alkyl halides is 1. The molecule has 0 fully saturated rings. The number of halogens is 2. The maximum absolute atomic E-state index is 5.35. The highest BCUT2D eigenvalue weighted by Gasteiger charge is 2.20. The molecule has 19 heavy (non-hydrogen) atoms. The standard InChI is InChI=1S/C14H14Br2O3/c1-8-9(4-5-19-8)14(16)10-6-12(17-2)13(18-3)7-11(10)15/h4-7,14H,1-3H3. The van der Waals surface area contributed by atoms with Crippen LogP contribution in [0.3, 0.4) is 0 Å². The molecule has 5 heteroatoms. The largest absolute Gasteiger partial charge is 0.493 e. The molecule has 0 bridgehead atoms. The summed E-state index contributed by atoms with van der Waals surface area (Å²) in [5, 5.41) is 0. The van der Waals surface area contributed by atoms with Crippen molar-refractivity contribution in [3.8, 4) is 11.5 Å². The third kappa shape index (κ3) is 2.82. The molecule has 0 spiro atoms. The third-order valence-corrected chi connectivity index (χ3v) is 4.62. The maximum atomic E-state index is 5.35. The van der Waals surface area contributed by atoms with Crippen LogP contribution in [0.4, 0.5) is 0 Å². The molecule has 1 atom stereocenters. The number of methoxy groups -OCH3 is 2. The minimum absolute atomic E-state index is 0.0282. The number of hydrogen-bond donors (Lipinski definition) is 0. The van der Waals surface area contributed by atoms with E-state index in [9.17, 15) is 0 Å². The van der Waals surface area contributed by atoms with Crippen molar-refractivity contribution in [3.63, 3.8) is 0 Å². The minimum Gasteiger partial charge on any atom is -0.493 e. The molecule has 102 valence electrons. The van der Waals surface area contributed by atoms with Gasteiger partial charge in [-0.1, -0.05) is 31.9 Å². The monoisotopic (exact) mass is 388 g/mol. The average molecular weight is 390 g/mol. The molecule has 2 aromatic rings. The van der Waals surface area contributed by atoms with Crippen LogP contribution in [-0.2, 0) is 0 Å². The fraction of sp³-hybridized carbons (Fsp3) is 0.286. The predicted octanol–water partition coefficient (Wildman–Crippen LogP) is 4.85. The quantitative estimate of drug-likeness (QED) is 0.700. The van der Waals surface area contributed by atoms with Gasteiger partial charge in [0.15, 0.2) is 11.5 Å². The number of aryl methyl sites for hydroxylation is 1. The van der Waals surface area contributed by atoms with Gasteiger partial charge < -0.3 is 13.9 Å². The van der Waals surface area contributed by atoms with Crippen LogP contribution in [0.25, 0.3) is 0 Å². The van der Waals surface area contributed by atoms with Gasteiger partial charge in [-0.15, -0.1) is 0 Å². The van der Waals surface area contributed by atoms with Crippen molar-refractivity contribution in [2.45, 2.75) is 11.8 Å². The smallest absolute Gasteiger partial charge is 0.161 e. The first-order valence-electron chi connectivity index (χ1n) is 5.68. The van der Waals surface area contributed by atoms with Gasteiger partial charge in [0, 0.05) is 10.0 Å². The van der Waals surface area contributed by atoms with E-state index >= 15 is 0 Å². The van der Waals surface area contributed by atoms with E-state index in [1.165, 1.54) is 0 Å². The van der Waals surface area contributed by atoms with Crippen molar-refractivity contribution >= 4 is 31.9 Å². The van der Waals surface area contributed by atoms with Crippen LogP contribution in [0.15, 0.2) is 33.4 Å². The number of benzene rings is 1. The summed E-state index contributed by atoms with van der Waals surface area (Å²) in [5.74, 6) is 2.29. The summed E-state index contributed by atoms with van der Waals surface area (Å²) in [5.41, 5.74) is 2.15. The van der Waals surface area contributed by atoms with Crippen LogP contribution >= 0.6 is 31.9 Å². The van der Waals surface area contributed by atoms with E-state index in [0.717, 1.165) is 21.4 Å².